The fourth-order valence-corrected chi connectivity index (χ4v) is 3.75. The summed E-state index contributed by atoms with van der Waals surface area (Å²) in [7, 11) is 0. The maximum atomic E-state index is 8.85. The number of ether oxygens (including phenoxy) is 1. The Labute approximate surface area is 129 Å². The average molecular weight is 301 g/mol. The van der Waals surface area contributed by atoms with E-state index in [4.69, 9.17) is 15.0 Å². The minimum atomic E-state index is 0.341. The molecular weight excluding hydrogens is 282 g/mol. The summed E-state index contributed by atoms with van der Waals surface area (Å²) in [6.07, 6.45) is 4.44. The van der Waals surface area contributed by atoms with Gasteiger partial charge in [0.05, 0.1) is 29.6 Å². The van der Waals surface area contributed by atoms with Crippen molar-refractivity contribution in [1.82, 2.24) is 9.55 Å². The molecule has 0 bridgehead atoms. The molecule has 1 atom stereocenters. The molecule has 1 aromatic carbocycles. The van der Waals surface area contributed by atoms with Crippen molar-refractivity contribution in [3.05, 3.63) is 24.3 Å². The lowest BCUT2D eigenvalue weighted by Crippen LogP contribution is -2.21. The molecule has 1 aromatic heterocycles. The molecule has 4 nitrogen and oxygen atoms in total. The smallest absolute Gasteiger partial charge is 0.169 e. The van der Waals surface area contributed by atoms with Gasteiger partial charge in [0, 0.05) is 18.9 Å². The molecule has 2 aromatic rings. The number of aromatic nitrogens is 2. The number of hydrogen-bond acceptors (Lipinski definition) is 4. The van der Waals surface area contributed by atoms with Gasteiger partial charge in [-0.1, -0.05) is 23.9 Å². The van der Waals surface area contributed by atoms with Crippen LogP contribution in [0.4, 0.5) is 0 Å². The second-order valence-electron chi connectivity index (χ2n) is 5.24. The predicted molar refractivity (Wildman–Crippen MR) is 84.3 cm³/mol. The van der Waals surface area contributed by atoms with E-state index < -0.39 is 0 Å². The van der Waals surface area contributed by atoms with Gasteiger partial charge in [-0.2, -0.15) is 5.26 Å². The molecule has 21 heavy (non-hydrogen) atoms. The SMILES string of the molecule is N#CCCn1c(SC[C@@H]2CCCCO2)nc2ccccc21. The molecule has 0 N–H and O–H groups in total. The summed E-state index contributed by atoms with van der Waals surface area (Å²) in [6.45, 7) is 1.58. The first-order chi connectivity index (χ1) is 10.4. The van der Waals surface area contributed by atoms with E-state index >= 15 is 0 Å². The molecule has 2 heterocycles. The van der Waals surface area contributed by atoms with E-state index in [0.717, 1.165) is 35.0 Å². The zero-order valence-corrected chi connectivity index (χ0v) is 12.8. The molecule has 1 aliphatic rings. The number of nitrogens with zero attached hydrogens (tertiary/aromatic N) is 3. The van der Waals surface area contributed by atoms with E-state index in [1.54, 1.807) is 11.8 Å². The molecule has 0 unspecified atom stereocenters. The quantitative estimate of drug-likeness (QED) is 0.792. The summed E-state index contributed by atoms with van der Waals surface area (Å²) < 4.78 is 7.94. The van der Waals surface area contributed by atoms with Gasteiger partial charge >= 0.3 is 0 Å². The monoisotopic (exact) mass is 301 g/mol. The van der Waals surface area contributed by atoms with E-state index in [0.29, 0.717) is 19.1 Å². The summed E-state index contributed by atoms with van der Waals surface area (Å²) in [5, 5.41) is 9.85. The Bertz CT molecular complexity index is 640. The van der Waals surface area contributed by atoms with Crippen molar-refractivity contribution in [2.24, 2.45) is 0 Å². The van der Waals surface area contributed by atoms with Crippen LogP contribution in [0.1, 0.15) is 25.7 Å². The lowest BCUT2D eigenvalue weighted by Gasteiger charge is -2.21. The number of para-hydroxylation sites is 2. The number of fused-ring (bicyclic) bond motifs is 1. The number of rotatable bonds is 5. The van der Waals surface area contributed by atoms with Crippen LogP contribution in [-0.2, 0) is 11.3 Å². The molecule has 1 fully saturated rings. The first-order valence-corrected chi connectivity index (χ1v) is 8.43. The van der Waals surface area contributed by atoms with Gasteiger partial charge in [0.2, 0.25) is 0 Å². The van der Waals surface area contributed by atoms with Crippen molar-refractivity contribution in [2.75, 3.05) is 12.4 Å². The van der Waals surface area contributed by atoms with E-state index in [2.05, 4.69) is 16.7 Å². The third-order valence-corrected chi connectivity index (χ3v) is 4.85. The summed E-state index contributed by atoms with van der Waals surface area (Å²) in [5.41, 5.74) is 2.11. The predicted octanol–water partition coefficient (Wildman–Crippen LogP) is 3.61. The number of aryl methyl sites for hydroxylation is 1. The van der Waals surface area contributed by atoms with Crippen LogP contribution in [-0.4, -0.2) is 28.0 Å². The van der Waals surface area contributed by atoms with E-state index in [1.165, 1.54) is 12.8 Å². The van der Waals surface area contributed by atoms with E-state index in [1.807, 2.05) is 18.2 Å². The number of thioether (sulfide) groups is 1. The summed E-state index contributed by atoms with van der Waals surface area (Å²) in [6, 6.07) is 10.3. The van der Waals surface area contributed by atoms with Crippen molar-refractivity contribution in [3.8, 4) is 6.07 Å². The van der Waals surface area contributed by atoms with Crippen molar-refractivity contribution in [1.29, 1.82) is 5.26 Å². The van der Waals surface area contributed by atoms with Gasteiger partial charge in [-0.05, 0) is 31.4 Å². The van der Waals surface area contributed by atoms with Crippen LogP contribution in [0.15, 0.2) is 29.4 Å². The van der Waals surface area contributed by atoms with Crippen molar-refractivity contribution in [2.45, 2.75) is 43.5 Å². The molecule has 3 rings (SSSR count). The lowest BCUT2D eigenvalue weighted by atomic mass is 10.1. The van der Waals surface area contributed by atoms with Gasteiger partial charge in [0.1, 0.15) is 0 Å². The van der Waals surface area contributed by atoms with Crippen LogP contribution < -0.4 is 0 Å². The highest BCUT2D eigenvalue weighted by atomic mass is 32.2. The van der Waals surface area contributed by atoms with Gasteiger partial charge < -0.3 is 9.30 Å². The van der Waals surface area contributed by atoms with Gasteiger partial charge in [0.25, 0.3) is 0 Å². The fraction of sp³-hybridized carbons (Fsp3) is 0.500. The molecule has 0 saturated carbocycles. The summed E-state index contributed by atoms with van der Waals surface area (Å²) >= 11 is 1.75. The second-order valence-corrected chi connectivity index (χ2v) is 6.23. The zero-order valence-electron chi connectivity index (χ0n) is 12.0. The number of nitriles is 1. The van der Waals surface area contributed by atoms with Gasteiger partial charge in [0.15, 0.2) is 5.16 Å². The second kappa shape index (κ2) is 6.97. The number of benzene rings is 1. The molecule has 0 amide bonds. The van der Waals surface area contributed by atoms with Crippen LogP contribution in [0.3, 0.4) is 0 Å². The fourth-order valence-electron chi connectivity index (χ4n) is 2.65. The van der Waals surface area contributed by atoms with E-state index in [-0.39, 0.29) is 0 Å². The average Bonchev–Trinajstić information content (AvgIpc) is 2.89. The Kier molecular flexibility index (Phi) is 4.79. The first-order valence-electron chi connectivity index (χ1n) is 7.45. The van der Waals surface area contributed by atoms with Crippen LogP contribution in [0.5, 0.6) is 0 Å². The Hall–Kier alpha value is -1.51. The Morgan fingerprint density at radius 2 is 2.29 bits per heavy atom. The first kappa shape index (κ1) is 14.4. The maximum Gasteiger partial charge on any atom is 0.169 e. The van der Waals surface area contributed by atoms with E-state index in [9.17, 15) is 0 Å². The summed E-state index contributed by atoms with van der Waals surface area (Å²) in [4.78, 5) is 4.71. The maximum absolute atomic E-state index is 8.85. The lowest BCUT2D eigenvalue weighted by molar-refractivity contribution is 0.0315. The molecule has 0 aliphatic carbocycles. The molecular formula is C16H19N3OS. The molecule has 1 aliphatic heterocycles. The van der Waals surface area contributed by atoms with Crippen molar-refractivity contribution < 1.29 is 4.74 Å². The third-order valence-electron chi connectivity index (χ3n) is 3.74. The topological polar surface area (TPSA) is 50.8 Å². The van der Waals surface area contributed by atoms with Gasteiger partial charge in [-0.25, -0.2) is 4.98 Å². The highest BCUT2D eigenvalue weighted by Gasteiger charge is 2.17. The highest BCUT2D eigenvalue weighted by molar-refractivity contribution is 7.99. The van der Waals surface area contributed by atoms with Crippen molar-refractivity contribution in [3.63, 3.8) is 0 Å². The Balaban J connectivity index is 1.77. The number of imidazole rings is 1. The minimum Gasteiger partial charge on any atom is -0.377 e. The number of hydrogen-bond donors (Lipinski definition) is 0. The largest absolute Gasteiger partial charge is 0.377 e. The van der Waals surface area contributed by atoms with Crippen LogP contribution in [0.2, 0.25) is 0 Å². The highest BCUT2D eigenvalue weighted by Crippen LogP contribution is 2.27. The molecule has 5 heteroatoms. The zero-order chi connectivity index (χ0) is 14.5. The summed E-state index contributed by atoms with van der Waals surface area (Å²) in [5.74, 6) is 0.940. The minimum absolute atomic E-state index is 0.341. The molecule has 1 saturated heterocycles. The normalized spacial score (nSPS) is 18.7. The third kappa shape index (κ3) is 3.39. The molecule has 110 valence electrons. The van der Waals surface area contributed by atoms with Crippen LogP contribution in [0, 0.1) is 11.3 Å². The van der Waals surface area contributed by atoms with Gasteiger partial charge in [-0.3, -0.25) is 0 Å². The Morgan fingerprint density at radius 3 is 3.10 bits per heavy atom. The van der Waals surface area contributed by atoms with Crippen LogP contribution in [0.25, 0.3) is 11.0 Å². The molecule has 0 radical (unpaired) electrons. The van der Waals surface area contributed by atoms with Crippen molar-refractivity contribution >= 4 is 22.8 Å². The molecule has 0 spiro atoms. The Morgan fingerprint density at radius 1 is 1.38 bits per heavy atom. The van der Waals surface area contributed by atoms with Gasteiger partial charge in [-0.15, -0.1) is 0 Å². The standard InChI is InChI=1S/C16H19N3OS/c17-9-5-10-19-15-8-2-1-7-14(15)18-16(19)21-12-13-6-3-4-11-20-13/h1-2,7-8,13H,3-6,10-12H2/t13-/m0/s1. The van der Waals surface area contributed by atoms with Crippen LogP contribution >= 0.6 is 11.8 Å².